The van der Waals surface area contributed by atoms with Gasteiger partial charge >= 0.3 is 11.9 Å². The monoisotopic (exact) mass is 825 g/mol. The van der Waals surface area contributed by atoms with Gasteiger partial charge in [-0.2, -0.15) is 18.4 Å². The van der Waals surface area contributed by atoms with E-state index in [2.05, 4.69) is 29.0 Å². The number of nitriles is 1. The Morgan fingerprint density at radius 1 is 0.900 bits per heavy atom. The summed E-state index contributed by atoms with van der Waals surface area (Å²) in [6, 6.07) is 16.5. The number of nitrogens with one attached hydrogen (secondary N) is 1. The van der Waals surface area contributed by atoms with Crippen molar-refractivity contribution in [3.8, 4) is 17.5 Å². The van der Waals surface area contributed by atoms with E-state index < -0.39 is 52.7 Å². The Labute approximate surface area is 344 Å². The maximum atomic E-state index is 13.8. The van der Waals surface area contributed by atoms with Crippen LogP contribution in [-0.4, -0.2) is 97.9 Å². The van der Waals surface area contributed by atoms with Crippen LogP contribution in [-0.2, 0) is 22.3 Å². The second-order valence-corrected chi connectivity index (χ2v) is 16.5. The number of hydrogen-bond donors (Lipinski definition) is 1. The van der Waals surface area contributed by atoms with Crippen molar-refractivity contribution >= 4 is 34.7 Å². The molecule has 1 aromatic heterocycles. The Balaban J connectivity index is 0.823. The summed E-state index contributed by atoms with van der Waals surface area (Å²) < 4.78 is 50.5. The summed E-state index contributed by atoms with van der Waals surface area (Å²) in [6.07, 6.45) is -0.221. The van der Waals surface area contributed by atoms with Gasteiger partial charge in [0.1, 0.15) is 17.9 Å². The summed E-state index contributed by atoms with van der Waals surface area (Å²) in [5.74, 6) is -1.17. The molecule has 0 bridgehead atoms. The van der Waals surface area contributed by atoms with Gasteiger partial charge in [0.15, 0.2) is 0 Å². The summed E-state index contributed by atoms with van der Waals surface area (Å²) in [7, 11) is 0. The molecule has 1 atom stereocenters. The van der Waals surface area contributed by atoms with Crippen molar-refractivity contribution in [3.63, 3.8) is 0 Å². The second kappa shape index (κ2) is 16.3. The average Bonchev–Trinajstić information content (AvgIpc) is 3.62. The number of fused-ring (bicyclic) bond motifs is 2. The molecule has 314 valence electrons. The zero-order valence-corrected chi connectivity index (χ0v) is 33.4. The molecule has 1 aliphatic carbocycles. The molecule has 3 aliphatic heterocycles. The minimum Gasteiger partial charge on any atom is -0.490 e. The Kier molecular flexibility index (Phi) is 11.2. The number of nitrogens with zero attached hydrogens (tertiary/aromatic N) is 6. The molecule has 4 aromatic rings. The lowest BCUT2D eigenvalue weighted by atomic mass is 9.85. The number of para-hydroxylation sites is 2. The van der Waals surface area contributed by atoms with Crippen molar-refractivity contribution in [2.75, 3.05) is 26.2 Å². The molecule has 4 amide bonds. The van der Waals surface area contributed by atoms with Crippen molar-refractivity contribution in [1.82, 2.24) is 29.2 Å². The zero-order chi connectivity index (χ0) is 42.5. The molecule has 16 heteroatoms. The van der Waals surface area contributed by atoms with Crippen molar-refractivity contribution < 1.29 is 37.1 Å². The molecule has 8 rings (SSSR count). The third-order valence-corrected chi connectivity index (χ3v) is 12.5. The van der Waals surface area contributed by atoms with Crippen molar-refractivity contribution in [3.05, 3.63) is 93.4 Å². The van der Waals surface area contributed by atoms with Crippen LogP contribution in [0.25, 0.3) is 16.7 Å². The molecular formula is C44H46F3N7O6. The van der Waals surface area contributed by atoms with Crippen molar-refractivity contribution in [2.24, 2.45) is 5.92 Å². The fraction of sp³-hybridized carbons (Fsp3) is 0.455. The first-order valence-electron chi connectivity index (χ1n) is 20.5. The second-order valence-electron chi connectivity index (χ2n) is 16.5. The predicted octanol–water partition coefficient (Wildman–Crippen LogP) is 5.51. The minimum atomic E-state index is -4.74. The number of aryl methyl sites for hydroxylation is 1. The first-order chi connectivity index (χ1) is 28.7. The molecule has 1 unspecified atom stereocenters. The number of halogens is 3. The number of aromatic nitrogens is 2. The summed E-state index contributed by atoms with van der Waals surface area (Å²) in [4.78, 5) is 70.0. The first kappa shape index (κ1) is 41.0. The highest BCUT2D eigenvalue weighted by Gasteiger charge is 2.45. The topological polar surface area (TPSA) is 150 Å². The molecule has 4 heterocycles. The van der Waals surface area contributed by atoms with E-state index in [1.54, 1.807) is 53.1 Å². The van der Waals surface area contributed by atoms with Crippen LogP contribution in [0.1, 0.15) is 90.6 Å². The van der Waals surface area contributed by atoms with E-state index in [0.29, 0.717) is 47.8 Å². The SMILES string of the molecule is CC(C)N(CC1CCN(CCCn2c(=O)n(-c3ccc(C#N)c(C(F)(F)F)c3)c3ccccc32)CC1)[C@H]1C[C@H](Oc2ccc3c(c2)C(=O)N(C2CCC(=O)NC2=O)C3=O)C1. The third-order valence-electron chi connectivity index (χ3n) is 12.5. The fourth-order valence-electron chi connectivity index (χ4n) is 9.22. The van der Waals surface area contributed by atoms with Crippen LogP contribution in [0.4, 0.5) is 13.2 Å². The molecule has 2 saturated heterocycles. The molecule has 3 aromatic carbocycles. The number of carbonyl (C=O) groups is 4. The lowest BCUT2D eigenvalue weighted by molar-refractivity contribution is -0.138. The van der Waals surface area contributed by atoms with Crippen molar-refractivity contribution in [2.45, 2.75) is 95.7 Å². The number of carbonyl (C=O) groups excluding carboxylic acids is 4. The Morgan fingerprint density at radius 3 is 2.30 bits per heavy atom. The van der Waals surface area contributed by atoms with Crippen molar-refractivity contribution in [1.29, 1.82) is 5.26 Å². The van der Waals surface area contributed by atoms with Gasteiger partial charge in [0.25, 0.3) is 11.8 Å². The highest BCUT2D eigenvalue weighted by molar-refractivity contribution is 6.23. The van der Waals surface area contributed by atoms with Gasteiger partial charge in [-0.15, -0.1) is 0 Å². The van der Waals surface area contributed by atoms with E-state index >= 15 is 0 Å². The summed E-state index contributed by atoms with van der Waals surface area (Å²) >= 11 is 0. The predicted molar refractivity (Wildman–Crippen MR) is 213 cm³/mol. The third kappa shape index (κ3) is 7.83. The van der Waals surface area contributed by atoms with Crippen LogP contribution < -0.4 is 15.7 Å². The number of benzene rings is 3. The van der Waals surface area contributed by atoms with Gasteiger partial charge in [0.05, 0.1) is 45.0 Å². The number of hydrogen-bond acceptors (Lipinski definition) is 9. The normalized spacial score (nSPS) is 21.4. The molecule has 0 radical (unpaired) electrons. The zero-order valence-electron chi connectivity index (χ0n) is 33.4. The number of alkyl halides is 3. The van der Waals surface area contributed by atoms with E-state index in [1.165, 1.54) is 10.6 Å². The van der Waals surface area contributed by atoms with E-state index in [4.69, 9.17) is 4.74 Å². The number of amides is 4. The average molecular weight is 826 g/mol. The lowest BCUT2D eigenvalue weighted by Crippen LogP contribution is -2.54. The Morgan fingerprint density at radius 2 is 1.62 bits per heavy atom. The Hall–Kier alpha value is -5.79. The maximum Gasteiger partial charge on any atom is 0.417 e. The number of rotatable bonds is 12. The summed E-state index contributed by atoms with van der Waals surface area (Å²) in [5.41, 5.74) is -0.404. The fourth-order valence-corrected chi connectivity index (χ4v) is 9.22. The number of ether oxygens (including phenoxy) is 1. The first-order valence-corrected chi connectivity index (χ1v) is 20.5. The van der Waals surface area contributed by atoms with E-state index in [1.807, 2.05) is 0 Å². The molecule has 13 nitrogen and oxygen atoms in total. The van der Waals surface area contributed by atoms with Crippen LogP contribution in [0.2, 0.25) is 0 Å². The van der Waals surface area contributed by atoms with E-state index in [0.717, 1.165) is 68.9 Å². The molecule has 3 fully saturated rings. The molecular weight excluding hydrogens is 780 g/mol. The number of piperidine rings is 2. The highest BCUT2D eigenvalue weighted by atomic mass is 19.4. The summed E-state index contributed by atoms with van der Waals surface area (Å²) in [6.45, 7) is 8.41. The maximum absolute atomic E-state index is 13.8. The van der Waals surface area contributed by atoms with Gasteiger partial charge in [0.2, 0.25) is 11.8 Å². The summed E-state index contributed by atoms with van der Waals surface area (Å²) in [5, 5.41) is 11.5. The van der Waals surface area contributed by atoms with Gasteiger partial charge in [-0.1, -0.05) is 12.1 Å². The van der Waals surface area contributed by atoms with Gasteiger partial charge in [-0.05, 0) is 114 Å². The van der Waals surface area contributed by atoms with Crippen LogP contribution >= 0.6 is 0 Å². The number of likely N-dealkylation sites (tertiary alicyclic amines) is 1. The Bertz CT molecular complexity index is 2460. The smallest absolute Gasteiger partial charge is 0.417 e. The van der Waals surface area contributed by atoms with Gasteiger partial charge < -0.3 is 9.64 Å². The minimum absolute atomic E-state index is 0.0439. The molecule has 60 heavy (non-hydrogen) atoms. The molecule has 1 saturated carbocycles. The van der Waals surface area contributed by atoms with Gasteiger partial charge in [-0.25, -0.2) is 4.79 Å². The largest absolute Gasteiger partial charge is 0.490 e. The lowest BCUT2D eigenvalue weighted by Gasteiger charge is -2.46. The number of imidazole rings is 1. The standard InChI is InChI=1S/C44H46F3N7O6/c1-26(2)52(30-20-32(21-30)60-31-10-11-33-34(23-31)42(58)54(41(33)57)38-12-13-39(55)49-40(38)56)25-27-14-18-50(19-15-27)16-5-17-51-36-6-3-4-7-37(36)53(43(51)59)29-9-8-28(24-48)35(22-29)44(45,46)47/h3-4,6-11,22-23,26-27,30,32,38H,5,12-21,25H2,1-2H3,(H,49,55,56)/t30-,32-,38?. The van der Waals surface area contributed by atoms with E-state index in [-0.39, 0.29) is 35.8 Å². The van der Waals surface area contributed by atoms with Crippen LogP contribution in [0, 0.1) is 17.2 Å². The van der Waals surface area contributed by atoms with Crippen LogP contribution in [0.5, 0.6) is 5.75 Å². The molecule has 0 spiro atoms. The number of imide groups is 2. The van der Waals surface area contributed by atoms with Crippen LogP contribution in [0.3, 0.4) is 0 Å². The van der Waals surface area contributed by atoms with Crippen LogP contribution in [0.15, 0.2) is 65.5 Å². The molecule has 1 N–H and O–H groups in total. The van der Waals surface area contributed by atoms with E-state index in [9.17, 15) is 42.4 Å². The van der Waals surface area contributed by atoms with Gasteiger partial charge in [0, 0.05) is 44.4 Å². The highest BCUT2D eigenvalue weighted by Crippen LogP contribution is 2.36. The molecule has 4 aliphatic rings. The van der Waals surface area contributed by atoms with Gasteiger partial charge in [-0.3, -0.25) is 43.4 Å². The quantitative estimate of drug-likeness (QED) is 0.183.